The molecule has 0 unspecified atom stereocenters. The van der Waals surface area contributed by atoms with Gasteiger partial charge in [0.25, 0.3) is 0 Å². The second-order valence-corrected chi connectivity index (χ2v) is 4.67. The number of allylic oxidation sites excluding steroid dienone is 1. The molecule has 0 fully saturated rings. The van der Waals surface area contributed by atoms with Crippen LogP contribution in [0.3, 0.4) is 0 Å². The van der Waals surface area contributed by atoms with Crippen LogP contribution in [0, 0.1) is 6.92 Å². The van der Waals surface area contributed by atoms with Crippen LogP contribution >= 0.6 is 0 Å². The molecule has 3 rings (SSSR count). The molecule has 0 saturated heterocycles. The van der Waals surface area contributed by atoms with Gasteiger partial charge in [-0.15, -0.1) is 0 Å². The van der Waals surface area contributed by atoms with Crippen molar-refractivity contribution in [3.63, 3.8) is 0 Å². The third kappa shape index (κ3) is 2.07. The summed E-state index contributed by atoms with van der Waals surface area (Å²) in [4.78, 5) is 12.3. The van der Waals surface area contributed by atoms with Gasteiger partial charge >= 0.3 is 0 Å². The van der Waals surface area contributed by atoms with Crippen molar-refractivity contribution in [2.45, 2.75) is 6.92 Å². The van der Waals surface area contributed by atoms with E-state index >= 15 is 0 Å². The quantitative estimate of drug-likeness (QED) is 0.779. The van der Waals surface area contributed by atoms with Crippen molar-refractivity contribution in [1.29, 1.82) is 0 Å². The molecule has 0 spiro atoms. The van der Waals surface area contributed by atoms with Crippen molar-refractivity contribution in [3.05, 3.63) is 64.9 Å². The van der Waals surface area contributed by atoms with E-state index in [1.54, 1.807) is 19.3 Å². The molecular formula is C17H14O3. The summed E-state index contributed by atoms with van der Waals surface area (Å²) in [6.45, 7) is 1.91. The van der Waals surface area contributed by atoms with E-state index in [0.717, 1.165) is 16.9 Å². The van der Waals surface area contributed by atoms with Crippen molar-refractivity contribution < 1.29 is 14.3 Å². The number of carbonyl (C=O) groups excluding carboxylic acids is 1. The fourth-order valence-electron chi connectivity index (χ4n) is 2.24. The van der Waals surface area contributed by atoms with Gasteiger partial charge in [0.05, 0.1) is 12.7 Å². The second-order valence-electron chi connectivity index (χ2n) is 4.67. The van der Waals surface area contributed by atoms with Crippen molar-refractivity contribution in [2.24, 2.45) is 0 Å². The average molecular weight is 266 g/mol. The number of ketones is 1. The van der Waals surface area contributed by atoms with Crippen LogP contribution in [0.25, 0.3) is 6.08 Å². The van der Waals surface area contributed by atoms with Gasteiger partial charge in [0, 0.05) is 6.07 Å². The zero-order valence-corrected chi connectivity index (χ0v) is 11.3. The highest BCUT2D eigenvalue weighted by Gasteiger charge is 2.28. The first-order valence-electron chi connectivity index (χ1n) is 6.37. The Morgan fingerprint density at radius 1 is 1.15 bits per heavy atom. The largest absolute Gasteiger partial charge is 0.496 e. The number of aryl methyl sites for hydroxylation is 1. The lowest BCUT2D eigenvalue weighted by Crippen LogP contribution is -1.98. The molecule has 0 N–H and O–H groups in total. The van der Waals surface area contributed by atoms with E-state index in [1.165, 1.54) is 0 Å². The Morgan fingerprint density at radius 3 is 2.60 bits per heavy atom. The van der Waals surface area contributed by atoms with Crippen LogP contribution in [0.15, 0.2) is 48.2 Å². The summed E-state index contributed by atoms with van der Waals surface area (Å²) in [7, 11) is 1.60. The van der Waals surface area contributed by atoms with E-state index in [2.05, 4.69) is 0 Å². The van der Waals surface area contributed by atoms with E-state index < -0.39 is 0 Å². The lowest BCUT2D eigenvalue weighted by Gasteiger charge is -2.05. The number of ether oxygens (including phenoxy) is 2. The number of fused-ring (bicyclic) bond motifs is 1. The average Bonchev–Trinajstić information content (AvgIpc) is 2.76. The molecule has 0 atom stereocenters. The van der Waals surface area contributed by atoms with Gasteiger partial charge in [-0.1, -0.05) is 30.3 Å². The molecule has 0 saturated carbocycles. The molecule has 0 radical (unpaired) electrons. The van der Waals surface area contributed by atoms with Gasteiger partial charge in [-0.3, -0.25) is 4.79 Å². The van der Waals surface area contributed by atoms with Crippen LogP contribution in [-0.2, 0) is 0 Å². The van der Waals surface area contributed by atoms with Gasteiger partial charge in [-0.25, -0.2) is 0 Å². The maximum absolute atomic E-state index is 12.3. The molecule has 3 nitrogen and oxygen atoms in total. The Morgan fingerprint density at radius 2 is 1.90 bits per heavy atom. The van der Waals surface area contributed by atoms with Crippen LogP contribution < -0.4 is 9.47 Å². The van der Waals surface area contributed by atoms with Gasteiger partial charge in [0.2, 0.25) is 5.78 Å². The van der Waals surface area contributed by atoms with E-state index in [-0.39, 0.29) is 5.78 Å². The second kappa shape index (κ2) is 4.85. The fraction of sp³-hybridized carbons (Fsp3) is 0.118. The molecule has 3 heteroatoms. The van der Waals surface area contributed by atoms with Crippen LogP contribution in [0.1, 0.15) is 21.5 Å². The Balaban J connectivity index is 2.01. The number of methoxy groups -OCH3 is 1. The van der Waals surface area contributed by atoms with Crippen molar-refractivity contribution >= 4 is 11.9 Å². The Bertz CT molecular complexity index is 700. The van der Waals surface area contributed by atoms with Gasteiger partial charge in [-0.05, 0) is 30.2 Å². The molecule has 1 aliphatic rings. The molecule has 20 heavy (non-hydrogen) atoms. The Labute approximate surface area is 117 Å². The molecular weight excluding hydrogens is 252 g/mol. The van der Waals surface area contributed by atoms with Crippen LogP contribution in [0.5, 0.6) is 11.5 Å². The predicted octanol–water partition coefficient (Wildman–Crippen LogP) is 3.62. The van der Waals surface area contributed by atoms with E-state index in [4.69, 9.17) is 9.47 Å². The maximum Gasteiger partial charge on any atom is 0.231 e. The molecule has 0 aliphatic carbocycles. The molecule has 0 aromatic heterocycles. The summed E-state index contributed by atoms with van der Waals surface area (Å²) in [5.41, 5.74) is 2.45. The third-order valence-corrected chi connectivity index (χ3v) is 3.28. The van der Waals surface area contributed by atoms with E-state index in [1.807, 2.05) is 43.3 Å². The molecule has 2 aromatic rings. The summed E-state index contributed by atoms with van der Waals surface area (Å²) in [6, 6.07) is 13.2. The lowest BCUT2D eigenvalue weighted by atomic mass is 10.1. The van der Waals surface area contributed by atoms with Gasteiger partial charge < -0.3 is 9.47 Å². The molecule has 0 bridgehead atoms. The number of Topliss-reactive ketones (excluding diaryl/α,β-unsaturated/α-hetero) is 1. The van der Waals surface area contributed by atoms with Crippen molar-refractivity contribution in [3.8, 4) is 11.5 Å². The fourth-order valence-corrected chi connectivity index (χ4v) is 2.24. The third-order valence-electron chi connectivity index (χ3n) is 3.28. The van der Waals surface area contributed by atoms with Gasteiger partial charge in [0.1, 0.15) is 11.5 Å². The molecule has 100 valence electrons. The minimum absolute atomic E-state index is 0.0883. The topological polar surface area (TPSA) is 35.5 Å². The molecule has 1 aliphatic heterocycles. The smallest absolute Gasteiger partial charge is 0.231 e. The highest BCUT2D eigenvalue weighted by molar-refractivity contribution is 6.14. The molecule has 1 heterocycles. The maximum atomic E-state index is 12.3. The van der Waals surface area contributed by atoms with Crippen molar-refractivity contribution in [2.75, 3.05) is 7.11 Å². The summed E-state index contributed by atoms with van der Waals surface area (Å²) < 4.78 is 10.9. The van der Waals surface area contributed by atoms with Gasteiger partial charge in [0.15, 0.2) is 5.76 Å². The van der Waals surface area contributed by atoms with Crippen molar-refractivity contribution in [1.82, 2.24) is 0 Å². The zero-order valence-electron chi connectivity index (χ0n) is 11.3. The molecule has 0 amide bonds. The Kier molecular flexibility index (Phi) is 3.03. The monoisotopic (exact) mass is 266 g/mol. The summed E-state index contributed by atoms with van der Waals surface area (Å²) in [6.07, 6.45) is 1.75. The first-order valence-corrected chi connectivity index (χ1v) is 6.37. The first-order chi connectivity index (χ1) is 9.69. The summed E-state index contributed by atoms with van der Waals surface area (Å²) in [5.74, 6) is 1.53. The normalized spacial score (nSPS) is 15.1. The minimum Gasteiger partial charge on any atom is -0.496 e. The summed E-state index contributed by atoms with van der Waals surface area (Å²) >= 11 is 0. The SMILES string of the molecule is COc1cc2c(cc1C)C(=O)/C(=C/c1ccccc1)O2. The first kappa shape index (κ1) is 12.5. The number of benzene rings is 2. The number of carbonyl (C=O) groups is 1. The Hall–Kier alpha value is -2.55. The lowest BCUT2D eigenvalue weighted by molar-refractivity contribution is 0.101. The van der Waals surface area contributed by atoms with E-state index in [9.17, 15) is 4.79 Å². The van der Waals surface area contributed by atoms with Crippen LogP contribution in [-0.4, -0.2) is 12.9 Å². The number of hydrogen-bond donors (Lipinski definition) is 0. The highest BCUT2D eigenvalue weighted by atomic mass is 16.5. The van der Waals surface area contributed by atoms with Gasteiger partial charge in [-0.2, -0.15) is 0 Å². The van der Waals surface area contributed by atoms with Crippen LogP contribution in [0.2, 0.25) is 0 Å². The minimum atomic E-state index is -0.0883. The van der Waals surface area contributed by atoms with Crippen LogP contribution in [0.4, 0.5) is 0 Å². The standard InChI is InChI=1S/C17H14O3/c1-11-8-13-15(10-14(11)19-2)20-16(17(13)18)9-12-6-4-3-5-7-12/h3-10H,1-2H3/b16-9-. The summed E-state index contributed by atoms with van der Waals surface area (Å²) in [5, 5.41) is 0. The number of rotatable bonds is 2. The number of hydrogen-bond acceptors (Lipinski definition) is 3. The van der Waals surface area contributed by atoms with E-state index in [0.29, 0.717) is 17.1 Å². The zero-order chi connectivity index (χ0) is 14.1. The molecule has 2 aromatic carbocycles. The highest BCUT2D eigenvalue weighted by Crippen LogP contribution is 2.36. The predicted molar refractivity (Wildman–Crippen MR) is 77.1 cm³/mol.